The predicted octanol–water partition coefficient (Wildman–Crippen LogP) is 3.25. The fraction of sp³-hybridized carbons (Fsp3) is 0. The van der Waals surface area contributed by atoms with Crippen LogP contribution in [0.2, 0.25) is 0 Å². The zero-order chi connectivity index (χ0) is 27.4. The van der Waals surface area contributed by atoms with Gasteiger partial charge in [-0.05, 0) is 72.8 Å². The summed E-state index contributed by atoms with van der Waals surface area (Å²) in [4.78, 5) is 62.0. The Morgan fingerprint density at radius 1 is 0.316 bits per heavy atom. The fourth-order valence-electron chi connectivity index (χ4n) is 2.27. The second-order valence-corrected chi connectivity index (χ2v) is 6.56. The van der Waals surface area contributed by atoms with Crippen molar-refractivity contribution in [2.75, 3.05) is 0 Å². The monoisotopic (exact) mass is 810 g/mol. The first kappa shape index (κ1) is 37.5. The van der Waals surface area contributed by atoms with Crippen molar-refractivity contribution in [2.24, 2.45) is 0 Å². The maximum absolute atomic E-state index is 10.3. The van der Waals surface area contributed by atoms with Crippen LogP contribution in [0.4, 0.5) is 0 Å². The van der Waals surface area contributed by atoms with E-state index in [1.165, 1.54) is 72.8 Å². The second kappa shape index (κ2) is 18.6. The molecule has 0 atom stereocenters. The first-order chi connectivity index (χ1) is 16.8. The van der Waals surface area contributed by atoms with Gasteiger partial charge in [-0.1, -0.05) is 0 Å². The molecule has 0 bridgehead atoms. The first-order valence-electron chi connectivity index (χ1n) is 9.53. The van der Waals surface area contributed by atoms with Crippen LogP contribution < -0.4 is 0 Å². The average molecular weight is 809 g/mol. The Hall–Kier alpha value is -2.65. The van der Waals surface area contributed by atoms with Crippen molar-refractivity contribution in [1.82, 2.24) is 0 Å². The van der Waals surface area contributed by atoms with Crippen LogP contribution in [0.1, 0.15) is 62.1 Å². The molecular formula is C24H18EuO12Tb. The molecule has 0 aliphatic carbocycles. The summed E-state index contributed by atoms with van der Waals surface area (Å²) in [6.07, 6.45) is 0. The van der Waals surface area contributed by atoms with Crippen molar-refractivity contribution < 1.29 is 147 Å². The van der Waals surface area contributed by atoms with Crippen LogP contribution in [-0.2, 0) is 0 Å². The Labute approximate surface area is 285 Å². The maximum Gasteiger partial charge on any atom is 0.335 e. The molecule has 0 fully saturated rings. The van der Waals surface area contributed by atoms with E-state index in [4.69, 9.17) is 30.6 Å². The fourth-order valence-corrected chi connectivity index (χ4v) is 2.27. The van der Waals surface area contributed by atoms with E-state index in [-0.39, 0.29) is 121 Å². The second-order valence-electron chi connectivity index (χ2n) is 6.56. The van der Waals surface area contributed by atoms with E-state index >= 15 is 0 Å². The summed E-state index contributed by atoms with van der Waals surface area (Å²) in [6.45, 7) is 0. The molecule has 3 aromatic rings. The number of hydrogen-bond acceptors (Lipinski definition) is 6. The van der Waals surface area contributed by atoms with Gasteiger partial charge in [0.25, 0.3) is 0 Å². The Kier molecular flexibility index (Phi) is 18.3. The molecule has 2 radical (unpaired) electrons. The molecule has 0 aliphatic rings. The summed E-state index contributed by atoms with van der Waals surface area (Å²) in [6, 6.07) is 15.1. The zero-order valence-electron chi connectivity index (χ0n) is 18.8. The van der Waals surface area contributed by atoms with E-state index < -0.39 is 35.8 Å². The first-order valence-corrected chi connectivity index (χ1v) is 9.53. The predicted molar refractivity (Wildman–Crippen MR) is 121 cm³/mol. The third-order valence-corrected chi connectivity index (χ3v) is 4.14. The number of carbonyl (C=O) groups is 6. The van der Waals surface area contributed by atoms with Gasteiger partial charge in [0.15, 0.2) is 0 Å². The summed E-state index contributed by atoms with van der Waals surface area (Å²) in [5, 5.41) is 50.8. The third kappa shape index (κ3) is 13.2. The van der Waals surface area contributed by atoms with Crippen molar-refractivity contribution in [2.45, 2.75) is 0 Å². The van der Waals surface area contributed by atoms with Crippen LogP contribution in [0.3, 0.4) is 0 Å². The van der Waals surface area contributed by atoms with E-state index in [2.05, 4.69) is 0 Å². The molecule has 0 heterocycles. The number of rotatable bonds is 6. The number of hydrogen-bond donors (Lipinski definition) is 6. The molecule has 0 amide bonds. The largest absolute Gasteiger partial charge is 0.478 e. The SMILES string of the molecule is O=C(O)c1ccc(C(=O)O)cc1.O=C(O)c1ccc(C(=O)O)cc1.O=C(O)c1ccc(C(=O)O)cc1.[Eu].[Tb]. The zero-order valence-corrected chi connectivity index (χ0v) is 23.3. The Bertz CT molecular complexity index is 1010. The van der Waals surface area contributed by atoms with Crippen molar-refractivity contribution >= 4 is 35.8 Å². The summed E-state index contributed by atoms with van der Waals surface area (Å²) >= 11 is 0. The molecule has 0 aromatic heterocycles. The molecular weight excluding hydrogens is 791 g/mol. The summed E-state index contributed by atoms with van der Waals surface area (Å²) in [5.74, 6) is -6.38. The molecule has 14 heteroatoms. The minimum Gasteiger partial charge on any atom is -0.478 e. The van der Waals surface area contributed by atoms with Gasteiger partial charge in [0.05, 0.1) is 33.4 Å². The van der Waals surface area contributed by atoms with Crippen LogP contribution in [-0.4, -0.2) is 66.5 Å². The van der Waals surface area contributed by atoms with Gasteiger partial charge >= 0.3 is 35.8 Å². The van der Waals surface area contributed by atoms with Gasteiger partial charge in [-0.25, -0.2) is 28.8 Å². The molecule has 0 aliphatic heterocycles. The minimum absolute atomic E-state index is 0. The van der Waals surface area contributed by atoms with E-state index in [1.54, 1.807) is 0 Å². The maximum atomic E-state index is 10.3. The molecule has 3 aromatic carbocycles. The number of carboxylic acid groups (broad SMARTS) is 6. The molecule has 0 saturated carbocycles. The Morgan fingerprint density at radius 3 is 0.447 bits per heavy atom. The molecule has 3 rings (SSSR count). The molecule has 12 nitrogen and oxygen atoms in total. The van der Waals surface area contributed by atoms with Gasteiger partial charge in [0, 0.05) is 88.0 Å². The molecule has 6 N–H and O–H groups in total. The van der Waals surface area contributed by atoms with Crippen LogP contribution in [0.15, 0.2) is 72.8 Å². The minimum atomic E-state index is -1.06. The molecule has 0 spiro atoms. The van der Waals surface area contributed by atoms with Gasteiger partial charge in [-0.3, -0.25) is 0 Å². The van der Waals surface area contributed by atoms with E-state index in [0.717, 1.165) is 0 Å². The van der Waals surface area contributed by atoms with Crippen LogP contribution in [0, 0.1) is 88.0 Å². The Morgan fingerprint density at radius 2 is 0.395 bits per heavy atom. The van der Waals surface area contributed by atoms with E-state index in [9.17, 15) is 28.8 Å². The van der Waals surface area contributed by atoms with E-state index in [1.807, 2.05) is 0 Å². The smallest absolute Gasteiger partial charge is 0.335 e. The molecule has 0 unspecified atom stereocenters. The standard InChI is InChI=1S/3C8H6O4.Eu.Tb/c3*9-7(10)5-1-2-6(4-3-5)8(11)12;;/h3*1-4H,(H,9,10)(H,11,12);;. The molecule has 0 saturated heterocycles. The van der Waals surface area contributed by atoms with Gasteiger partial charge < -0.3 is 30.6 Å². The number of benzene rings is 3. The summed E-state index contributed by atoms with van der Waals surface area (Å²) in [5.41, 5.74) is 0.500. The van der Waals surface area contributed by atoms with Gasteiger partial charge in [-0.2, -0.15) is 0 Å². The van der Waals surface area contributed by atoms with Crippen molar-refractivity contribution in [3.8, 4) is 0 Å². The summed E-state index contributed by atoms with van der Waals surface area (Å²) in [7, 11) is 0. The quantitative estimate of drug-likeness (QED) is 0.211. The van der Waals surface area contributed by atoms with Gasteiger partial charge in [0.2, 0.25) is 0 Å². The van der Waals surface area contributed by atoms with Crippen LogP contribution in [0.5, 0.6) is 0 Å². The normalized spacial score (nSPS) is 8.84. The van der Waals surface area contributed by atoms with Crippen LogP contribution >= 0.6 is 0 Å². The molecule has 38 heavy (non-hydrogen) atoms. The summed E-state index contributed by atoms with van der Waals surface area (Å²) < 4.78 is 0. The number of aromatic carboxylic acids is 6. The molecule has 202 valence electrons. The van der Waals surface area contributed by atoms with Crippen molar-refractivity contribution in [3.05, 3.63) is 106 Å². The van der Waals surface area contributed by atoms with Gasteiger partial charge in [0.1, 0.15) is 0 Å². The van der Waals surface area contributed by atoms with E-state index in [0.29, 0.717) is 0 Å². The van der Waals surface area contributed by atoms with Crippen molar-refractivity contribution in [1.29, 1.82) is 0 Å². The Balaban J connectivity index is 0. The van der Waals surface area contributed by atoms with Crippen molar-refractivity contribution in [3.63, 3.8) is 0 Å². The number of carboxylic acids is 6. The van der Waals surface area contributed by atoms with Gasteiger partial charge in [-0.15, -0.1) is 0 Å². The third-order valence-electron chi connectivity index (χ3n) is 4.14. The topological polar surface area (TPSA) is 224 Å². The average Bonchev–Trinajstić information content (AvgIpc) is 2.84. The van der Waals surface area contributed by atoms with Crippen LogP contribution in [0.25, 0.3) is 0 Å².